The molecule has 0 bridgehead atoms. The number of piperidine rings is 1. The lowest BCUT2D eigenvalue weighted by molar-refractivity contribution is -0.142. The third-order valence-electron chi connectivity index (χ3n) is 4.93. The van der Waals surface area contributed by atoms with Crippen LogP contribution >= 0.6 is 11.6 Å². The van der Waals surface area contributed by atoms with Gasteiger partial charge in [-0.05, 0) is 38.0 Å². The molecule has 0 saturated carbocycles. The molecule has 0 radical (unpaired) electrons. The third-order valence-corrected chi connectivity index (χ3v) is 5.17. The van der Waals surface area contributed by atoms with Crippen LogP contribution in [0.25, 0.3) is 5.69 Å². The van der Waals surface area contributed by atoms with Crippen LogP contribution in [-0.2, 0) is 9.59 Å². The molecule has 2 heterocycles. The number of carbonyl (C=O) groups is 2. The summed E-state index contributed by atoms with van der Waals surface area (Å²) in [4.78, 5) is 27.1. The maximum atomic E-state index is 12.8. The predicted octanol–water partition coefficient (Wildman–Crippen LogP) is 4.06. The highest BCUT2D eigenvalue weighted by Gasteiger charge is 2.32. The van der Waals surface area contributed by atoms with E-state index in [-0.39, 0.29) is 17.7 Å². The minimum Gasteiger partial charge on any atom is -0.342 e. The summed E-state index contributed by atoms with van der Waals surface area (Å²) < 4.78 is 1.69. The SMILES string of the molecule is Cc1cc(NC(=O)C2CCN(C(=O)C(C)(C)C)CC2)n(-c2cccc(Cl)c2)n1. The molecule has 1 N–H and O–H groups in total. The molecule has 0 spiro atoms. The van der Waals surface area contributed by atoms with Gasteiger partial charge in [-0.15, -0.1) is 0 Å². The molecule has 1 saturated heterocycles. The molecule has 1 aliphatic heterocycles. The molecular formula is C21H27ClN4O2. The summed E-state index contributed by atoms with van der Waals surface area (Å²) >= 11 is 6.09. The number of hydrogen-bond acceptors (Lipinski definition) is 3. The van der Waals surface area contributed by atoms with Crippen molar-refractivity contribution in [1.82, 2.24) is 14.7 Å². The molecule has 3 rings (SSSR count). The number of rotatable bonds is 3. The molecule has 1 aromatic heterocycles. The van der Waals surface area contributed by atoms with Gasteiger partial charge in [-0.25, -0.2) is 4.68 Å². The second-order valence-electron chi connectivity index (χ2n) is 8.37. The van der Waals surface area contributed by atoms with Crippen LogP contribution in [0.1, 0.15) is 39.3 Å². The van der Waals surface area contributed by atoms with E-state index in [1.807, 2.05) is 50.8 Å². The number of anilines is 1. The molecule has 1 aromatic carbocycles. The quantitative estimate of drug-likeness (QED) is 0.841. The van der Waals surface area contributed by atoms with E-state index in [1.165, 1.54) is 0 Å². The lowest BCUT2D eigenvalue weighted by Gasteiger charge is -2.35. The summed E-state index contributed by atoms with van der Waals surface area (Å²) in [5.74, 6) is 0.608. The van der Waals surface area contributed by atoms with Crippen LogP contribution in [0.2, 0.25) is 5.02 Å². The molecule has 1 fully saturated rings. The maximum absolute atomic E-state index is 12.8. The van der Waals surface area contributed by atoms with E-state index in [2.05, 4.69) is 10.4 Å². The second kappa shape index (κ2) is 7.95. The van der Waals surface area contributed by atoms with Gasteiger partial charge in [0, 0.05) is 35.5 Å². The van der Waals surface area contributed by atoms with Gasteiger partial charge in [0.25, 0.3) is 0 Å². The highest BCUT2D eigenvalue weighted by molar-refractivity contribution is 6.30. The molecule has 6 nitrogen and oxygen atoms in total. The monoisotopic (exact) mass is 402 g/mol. The number of benzene rings is 1. The van der Waals surface area contributed by atoms with Gasteiger partial charge in [0.1, 0.15) is 5.82 Å². The Balaban J connectivity index is 1.67. The van der Waals surface area contributed by atoms with Gasteiger partial charge in [0.15, 0.2) is 0 Å². The number of aromatic nitrogens is 2. The summed E-state index contributed by atoms with van der Waals surface area (Å²) in [6.45, 7) is 8.88. The van der Waals surface area contributed by atoms with Crippen molar-refractivity contribution in [3.8, 4) is 5.69 Å². The van der Waals surface area contributed by atoms with Crippen molar-refractivity contribution in [2.45, 2.75) is 40.5 Å². The highest BCUT2D eigenvalue weighted by Crippen LogP contribution is 2.26. The van der Waals surface area contributed by atoms with E-state index in [4.69, 9.17) is 11.6 Å². The van der Waals surface area contributed by atoms with E-state index in [9.17, 15) is 9.59 Å². The van der Waals surface area contributed by atoms with E-state index in [1.54, 1.807) is 16.8 Å². The van der Waals surface area contributed by atoms with Gasteiger partial charge in [-0.1, -0.05) is 38.4 Å². The van der Waals surface area contributed by atoms with Crippen molar-refractivity contribution in [3.63, 3.8) is 0 Å². The topological polar surface area (TPSA) is 67.2 Å². The maximum Gasteiger partial charge on any atom is 0.228 e. The van der Waals surface area contributed by atoms with E-state index in [0.717, 1.165) is 11.4 Å². The van der Waals surface area contributed by atoms with Gasteiger partial charge in [0.05, 0.1) is 11.4 Å². The Labute approximate surface area is 170 Å². The first-order valence-corrected chi connectivity index (χ1v) is 9.96. The fraction of sp³-hybridized carbons (Fsp3) is 0.476. The number of nitrogens with one attached hydrogen (secondary N) is 1. The molecule has 150 valence electrons. The normalized spacial score (nSPS) is 15.5. The molecule has 2 amide bonds. The zero-order valence-electron chi connectivity index (χ0n) is 16.8. The van der Waals surface area contributed by atoms with Crippen LogP contribution in [0.15, 0.2) is 30.3 Å². The summed E-state index contributed by atoms with van der Waals surface area (Å²) in [6, 6.07) is 9.19. The summed E-state index contributed by atoms with van der Waals surface area (Å²) in [7, 11) is 0. The minimum atomic E-state index is -0.393. The molecular weight excluding hydrogens is 376 g/mol. The Kier molecular flexibility index (Phi) is 5.79. The van der Waals surface area contributed by atoms with E-state index in [0.29, 0.717) is 36.8 Å². The fourth-order valence-electron chi connectivity index (χ4n) is 3.44. The smallest absolute Gasteiger partial charge is 0.228 e. The molecule has 28 heavy (non-hydrogen) atoms. The summed E-state index contributed by atoms with van der Waals surface area (Å²) in [6.07, 6.45) is 1.33. The van der Waals surface area contributed by atoms with E-state index >= 15 is 0 Å². The number of hydrogen-bond donors (Lipinski definition) is 1. The first kappa shape index (κ1) is 20.4. The van der Waals surface area contributed by atoms with Gasteiger partial charge in [-0.2, -0.15) is 5.10 Å². The van der Waals surface area contributed by atoms with Crippen molar-refractivity contribution in [2.24, 2.45) is 11.3 Å². The third kappa shape index (κ3) is 4.55. The van der Waals surface area contributed by atoms with Crippen molar-refractivity contribution < 1.29 is 9.59 Å². The average molecular weight is 403 g/mol. The van der Waals surface area contributed by atoms with Gasteiger partial charge in [0.2, 0.25) is 11.8 Å². The van der Waals surface area contributed by atoms with Crippen molar-refractivity contribution in [2.75, 3.05) is 18.4 Å². The van der Waals surface area contributed by atoms with Crippen LogP contribution in [0.4, 0.5) is 5.82 Å². The first-order valence-electron chi connectivity index (χ1n) is 9.58. The Morgan fingerprint density at radius 1 is 1.18 bits per heavy atom. The van der Waals surface area contributed by atoms with Gasteiger partial charge >= 0.3 is 0 Å². The van der Waals surface area contributed by atoms with Crippen molar-refractivity contribution >= 4 is 29.2 Å². The highest BCUT2D eigenvalue weighted by atomic mass is 35.5. The average Bonchev–Trinajstić information content (AvgIpc) is 3.00. The van der Waals surface area contributed by atoms with Crippen LogP contribution in [0.5, 0.6) is 0 Å². The Bertz CT molecular complexity index is 877. The van der Waals surface area contributed by atoms with Crippen LogP contribution < -0.4 is 5.32 Å². The number of nitrogens with zero attached hydrogens (tertiary/aromatic N) is 3. The Hall–Kier alpha value is -2.34. The number of carbonyl (C=O) groups excluding carboxylic acids is 2. The number of amides is 2. The van der Waals surface area contributed by atoms with Crippen LogP contribution in [-0.4, -0.2) is 39.6 Å². The van der Waals surface area contributed by atoms with Crippen molar-refractivity contribution in [1.29, 1.82) is 0 Å². The molecule has 1 aliphatic rings. The second-order valence-corrected chi connectivity index (χ2v) is 8.80. The summed E-state index contributed by atoms with van der Waals surface area (Å²) in [5, 5.41) is 8.09. The van der Waals surface area contributed by atoms with Gasteiger partial charge in [-0.3, -0.25) is 9.59 Å². The number of halogens is 1. The van der Waals surface area contributed by atoms with Crippen molar-refractivity contribution in [3.05, 3.63) is 41.0 Å². The largest absolute Gasteiger partial charge is 0.342 e. The van der Waals surface area contributed by atoms with Crippen LogP contribution in [0.3, 0.4) is 0 Å². The molecule has 0 atom stereocenters. The molecule has 0 unspecified atom stereocenters. The lowest BCUT2D eigenvalue weighted by Crippen LogP contribution is -2.45. The Morgan fingerprint density at radius 3 is 2.46 bits per heavy atom. The Morgan fingerprint density at radius 2 is 1.86 bits per heavy atom. The van der Waals surface area contributed by atoms with Gasteiger partial charge < -0.3 is 10.2 Å². The lowest BCUT2D eigenvalue weighted by atomic mass is 9.90. The minimum absolute atomic E-state index is 0.0361. The standard InChI is InChI=1S/C21H27ClN4O2/c1-14-12-18(26(24-14)17-7-5-6-16(22)13-17)23-19(27)15-8-10-25(11-9-15)20(28)21(2,3)4/h5-7,12-13,15H,8-11H2,1-4H3,(H,23,27). The number of aryl methyl sites for hydroxylation is 1. The molecule has 7 heteroatoms. The van der Waals surface area contributed by atoms with Crippen LogP contribution in [0, 0.1) is 18.3 Å². The fourth-order valence-corrected chi connectivity index (χ4v) is 3.63. The first-order chi connectivity index (χ1) is 13.1. The molecule has 2 aromatic rings. The zero-order chi connectivity index (χ0) is 20.5. The predicted molar refractivity (Wildman–Crippen MR) is 111 cm³/mol. The van der Waals surface area contributed by atoms with E-state index < -0.39 is 5.41 Å². The summed E-state index contributed by atoms with van der Waals surface area (Å²) in [5.41, 5.74) is 1.21. The zero-order valence-corrected chi connectivity index (χ0v) is 17.6. The molecule has 0 aliphatic carbocycles. The number of likely N-dealkylation sites (tertiary alicyclic amines) is 1.